The summed E-state index contributed by atoms with van der Waals surface area (Å²) in [5.74, 6) is 0.146. The number of hydrogen-bond donors (Lipinski definition) is 1. The van der Waals surface area contributed by atoms with Crippen molar-refractivity contribution in [2.75, 3.05) is 7.11 Å². The van der Waals surface area contributed by atoms with E-state index in [4.69, 9.17) is 9.29 Å². The second-order valence-electron chi connectivity index (χ2n) is 2.63. The van der Waals surface area contributed by atoms with Gasteiger partial charge >= 0.3 is 0 Å². The third-order valence-electron chi connectivity index (χ3n) is 1.60. The topological polar surface area (TPSA) is 63.6 Å². The number of aryl methyl sites for hydroxylation is 1. The Kier molecular flexibility index (Phi) is 2.58. The first-order valence-corrected chi connectivity index (χ1v) is 5.01. The molecule has 0 atom stereocenters. The molecule has 5 heteroatoms. The molecule has 72 valence electrons. The highest BCUT2D eigenvalue weighted by Gasteiger charge is 2.15. The lowest BCUT2D eigenvalue weighted by Crippen LogP contribution is -2.01. The lowest BCUT2D eigenvalue weighted by atomic mass is 10.2. The zero-order valence-electron chi connectivity index (χ0n) is 7.31. The van der Waals surface area contributed by atoms with E-state index in [9.17, 15) is 8.42 Å². The zero-order valence-corrected chi connectivity index (χ0v) is 8.13. The molecule has 0 unspecified atom stereocenters. The van der Waals surface area contributed by atoms with Crippen molar-refractivity contribution in [2.24, 2.45) is 0 Å². The zero-order chi connectivity index (χ0) is 10.1. The second-order valence-corrected chi connectivity index (χ2v) is 4.02. The molecule has 0 saturated heterocycles. The molecular weight excluding hydrogens is 192 g/mol. The Hall–Kier alpha value is -1.07. The maximum atomic E-state index is 10.8. The maximum absolute atomic E-state index is 10.8. The lowest BCUT2D eigenvalue weighted by molar-refractivity contribution is 0.397. The van der Waals surface area contributed by atoms with Crippen molar-refractivity contribution in [1.82, 2.24) is 0 Å². The highest BCUT2D eigenvalue weighted by Crippen LogP contribution is 2.23. The van der Waals surface area contributed by atoms with Gasteiger partial charge in [-0.3, -0.25) is 4.55 Å². The van der Waals surface area contributed by atoms with Crippen molar-refractivity contribution >= 4 is 10.1 Å². The Morgan fingerprint density at radius 3 is 2.46 bits per heavy atom. The van der Waals surface area contributed by atoms with Crippen LogP contribution in [0.1, 0.15) is 5.56 Å². The van der Waals surface area contributed by atoms with Gasteiger partial charge in [-0.25, -0.2) is 0 Å². The van der Waals surface area contributed by atoms with Crippen LogP contribution in [0.3, 0.4) is 0 Å². The van der Waals surface area contributed by atoms with Crippen molar-refractivity contribution in [2.45, 2.75) is 11.8 Å². The summed E-state index contributed by atoms with van der Waals surface area (Å²) in [6, 6.07) is 4.56. The van der Waals surface area contributed by atoms with Gasteiger partial charge in [-0.15, -0.1) is 0 Å². The average Bonchev–Trinajstić information content (AvgIpc) is 2.03. The standard InChI is InChI=1S/C8H10O4S/c1-6-3-4-7(12-2)8(5-6)13(9,10)11/h3-5H,1-2H3,(H,9,10,11). The van der Waals surface area contributed by atoms with Crippen LogP contribution in [0.4, 0.5) is 0 Å². The highest BCUT2D eigenvalue weighted by molar-refractivity contribution is 7.86. The van der Waals surface area contributed by atoms with E-state index in [0.29, 0.717) is 0 Å². The Labute approximate surface area is 76.9 Å². The summed E-state index contributed by atoms with van der Waals surface area (Å²) < 4.78 is 35.3. The Balaban J connectivity index is 3.41. The van der Waals surface area contributed by atoms with Gasteiger partial charge in [0.25, 0.3) is 10.1 Å². The number of hydrogen-bond acceptors (Lipinski definition) is 3. The summed E-state index contributed by atoms with van der Waals surface area (Å²) in [5.41, 5.74) is 0.744. The molecule has 0 spiro atoms. The molecule has 0 aliphatic carbocycles. The summed E-state index contributed by atoms with van der Waals surface area (Å²) in [4.78, 5) is -0.199. The minimum Gasteiger partial charge on any atom is -0.495 e. The van der Waals surface area contributed by atoms with Crippen molar-refractivity contribution in [3.05, 3.63) is 23.8 Å². The van der Waals surface area contributed by atoms with Crippen LogP contribution in [-0.4, -0.2) is 20.1 Å². The molecule has 0 bridgehead atoms. The van der Waals surface area contributed by atoms with Crippen LogP contribution >= 0.6 is 0 Å². The van der Waals surface area contributed by atoms with Crippen LogP contribution in [0.15, 0.2) is 23.1 Å². The quantitative estimate of drug-likeness (QED) is 0.733. The second kappa shape index (κ2) is 3.35. The van der Waals surface area contributed by atoms with Crippen LogP contribution in [0.25, 0.3) is 0 Å². The summed E-state index contributed by atoms with van der Waals surface area (Å²) >= 11 is 0. The first-order valence-electron chi connectivity index (χ1n) is 3.57. The molecule has 0 fully saturated rings. The van der Waals surface area contributed by atoms with E-state index in [2.05, 4.69) is 0 Å². The molecule has 1 aromatic rings. The van der Waals surface area contributed by atoms with Crippen molar-refractivity contribution < 1.29 is 17.7 Å². The van der Waals surface area contributed by atoms with E-state index in [0.717, 1.165) is 5.56 Å². The van der Waals surface area contributed by atoms with E-state index in [1.165, 1.54) is 19.2 Å². The largest absolute Gasteiger partial charge is 0.495 e. The van der Waals surface area contributed by atoms with Crippen molar-refractivity contribution in [1.29, 1.82) is 0 Å². The van der Waals surface area contributed by atoms with Crippen LogP contribution in [0.5, 0.6) is 5.75 Å². The maximum Gasteiger partial charge on any atom is 0.298 e. The van der Waals surface area contributed by atoms with Crippen molar-refractivity contribution in [3.8, 4) is 5.75 Å². The van der Waals surface area contributed by atoms with Gasteiger partial charge in [0, 0.05) is 0 Å². The Bertz CT molecular complexity index is 408. The van der Waals surface area contributed by atoms with E-state index in [1.807, 2.05) is 0 Å². The number of rotatable bonds is 2. The fourth-order valence-corrected chi connectivity index (χ4v) is 1.73. The molecule has 4 nitrogen and oxygen atoms in total. The molecule has 0 aliphatic rings. The molecule has 1 N–H and O–H groups in total. The average molecular weight is 202 g/mol. The molecule has 0 radical (unpaired) electrons. The van der Waals surface area contributed by atoms with Gasteiger partial charge in [-0.05, 0) is 24.6 Å². The normalized spacial score (nSPS) is 11.3. The fourth-order valence-electron chi connectivity index (χ4n) is 0.986. The first-order chi connectivity index (χ1) is 5.95. The van der Waals surface area contributed by atoms with Crippen LogP contribution in [0.2, 0.25) is 0 Å². The third-order valence-corrected chi connectivity index (χ3v) is 2.47. The number of benzene rings is 1. The van der Waals surface area contributed by atoms with E-state index < -0.39 is 10.1 Å². The third kappa shape index (κ3) is 2.19. The van der Waals surface area contributed by atoms with Gasteiger partial charge in [-0.1, -0.05) is 6.07 Å². The SMILES string of the molecule is COc1ccc(C)cc1S(=O)(=O)O. The van der Waals surface area contributed by atoms with Crippen LogP contribution in [0, 0.1) is 6.92 Å². The molecule has 13 heavy (non-hydrogen) atoms. The van der Waals surface area contributed by atoms with Gasteiger partial charge in [0.05, 0.1) is 7.11 Å². The molecular formula is C8H10O4S. The minimum atomic E-state index is -4.19. The van der Waals surface area contributed by atoms with Gasteiger partial charge in [0.2, 0.25) is 0 Å². The Morgan fingerprint density at radius 2 is 2.00 bits per heavy atom. The molecule has 1 rings (SSSR count). The van der Waals surface area contributed by atoms with E-state index in [1.54, 1.807) is 13.0 Å². The lowest BCUT2D eigenvalue weighted by Gasteiger charge is -2.05. The predicted molar refractivity (Wildman–Crippen MR) is 47.5 cm³/mol. The van der Waals surface area contributed by atoms with Crippen molar-refractivity contribution in [3.63, 3.8) is 0 Å². The van der Waals surface area contributed by atoms with Gasteiger partial charge in [0.1, 0.15) is 10.6 Å². The molecule has 0 heterocycles. The number of methoxy groups -OCH3 is 1. The van der Waals surface area contributed by atoms with Gasteiger partial charge < -0.3 is 4.74 Å². The van der Waals surface area contributed by atoms with E-state index in [-0.39, 0.29) is 10.6 Å². The smallest absolute Gasteiger partial charge is 0.298 e. The molecule has 0 aromatic heterocycles. The van der Waals surface area contributed by atoms with Gasteiger partial charge in [0.15, 0.2) is 0 Å². The molecule has 0 saturated carbocycles. The summed E-state index contributed by atoms with van der Waals surface area (Å²) in [6.07, 6.45) is 0. The summed E-state index contributed by atoms with van der Waals surface area (Å²) in [6.45, 7) is 1.73. The summed E-state index contributed by atoms with van der Waals surface area (Å²) in [5, 5.41) is 0. The van der Waals surface area contributed by atoms with Crippen LogP contribution in [-0.2, 0) is 10.1 Å². The molecule has 0 amide bonds. The molecule has 1 aromatic carbocycles. The Morgan fingerprint density at radius 1 is 1.38 bits per heavy atom. The van der Waals surface area contributed by atoms with E-state index >= 15 is 0 Å². The summed E-state index contributed by atoms with van der Waals surface area (Å²) in [7, 11) is -2.85. The highest BCUT2D eigenvalue weighted by atomic mass is 32.2. The minimum absolute atomic E-state index is 0.146. The van der Waals surface area contributed by atoms with Gasteiger partial charge in [-0.2, -0.15) is 8.42 Å². The monoisotopic (exact) mass is 202 g/mol. The molecule has 0 aliphatic heterocycles. The predicted octanol–water partition coefficient (Wildman–Crippen LogP) is 1.25. The fraction of sp³-hybridized carbons (Fsp3) is 0.250. The van der Waals surface area contributed by atoms with Crippen LogP contribution < -0.4 is 4.74 Å². The first kappa shape index (κ1) is 10.0. The number of ether oxygens (including phenoxy) is 1.